The number of carbonyl (C=O) groups is 2. The van der Waals surface area contributed by atoms with E-state index in [4.69, 9.17) is 0 Å². The fourth-order valence-corrected chi connectivity index (χ4v) is 3.36. The second kappa shape index (κ2) is 5.55. The highest BCUT2D eigenvalue weighted by Gasteiger charge is 2.58. The first kappa shape index (κ1) is 14.8. The Balaban J connectivity index is 1.77. The van der Waals surface area contributed by atoms with E-state index >= 15 is 0 Å². The Morgan fingerprint density at radius 2 is 2.00 bits per heavy atom. The number of carboxylic acid groups (broad SMARTS) is 1. The first-order valence-corrected chi connectivity index (χ1v) is 7.46. The molecule has 116 valence electrons. The fraction of sp³-hybridized carbons (Fsp3) is 0.412. The van der Waals surface area contributed by atoms with E-state index in [9.17, 15) is 19.1 Å². The number of benzene rings is 1. The average Bonchev–Trinajstić information content (AvgIpc) is 2.74. The predicted molar refractivity (Wildman–Crippen MR) is 79.5 cm³/mol. The molecule has 2 aliphatic rings. The average molecular weight is 303 g/mol. The second-order valence-corrected chi connectivity index (χ2v) is 6.04. The number of likely N-dealkylation sites (tertiary alicyclic amines) is 1. The van der Waals surface area contributed by atoms with Crippen LogP contribution >= 0.6 is 0 Å². The van der Waals surface area contributed by atoms with E-state index in [1.165, 1.54) is 4.90 Å². The van der Waals surface area contributed by atoms with Gasteiger partial charge in [0, 0.05) is 18.7 Å². The summed E-state index contributed by atoms with van der Waals surface area (Å²) in [4.78, 5) is 24.9. The molecule has 1 saturated heterocycles. The minimum atomic E-state index is -1.73. The lowest BCUT2D eigenvalue weighted by Gasteiger charge is -2.42. The molecule has 1 saturated carbocycles. The Morgan fingerprint density at radius 3 is 2.55 bits per heavy atom. The van der Waals surface area contributed by atoms with Crippen molar-refractivity contribution in [3.05, 3.63) is 42.1 Å². The van der Waals surface area contributed by atoms with Crippen LogP contribution in [0, 0.1) is 11.3 Å². The molecule has 1 heterocycles. The highest BCUT2D eigenvalue weighted by Crippen LogP contribution is 2.51. The van der Waals surface area contributed by atoms with Crippen molar-refractivity contribution in [1.29, 1.82) is 0 Å². The van der Waals surface area contributed by atoms with E-state index < -0.39 is 29.4 Å². The molecule has 1 aromatic carbocycles. The number of nitrogens with zero attached hydrogens (tertiary/aromatic N) is 1. The van der Waals surface area contributed by atoms with Gasteiger partial charge in [-0.05, 0) is 24.5 Å². The van der Waals surface area contributed by atoms with Gasteiger partial charge >= 0.3 is 5.97 Å². The van der Waals surface area contributed by atoms with E-state index in [0.29, 0.717) is 12.8 Å². The standard InChI is InChI=1S/C17H18FNO3/c18-14-13(17(16(21)22)8-4-9-17)11-19(15(14)20)10-7-12-5-2-1-3-6-12/h1-3,5-7,10,13-14H,4,8-9,11H2,(H,21,22). The van der Waals surface area contributed by atoms with Crippen LogP contribution in [0.2, 0.25) is 0 Å². The summed E-state index contributed by atoms with van der Waals surface area (Å²) < 4.78 is 14.3. The van der Waals surface area contributed by atoms with Crippen LogP contribution in [0.1, 0.15) is 24.8 Å². The topological polar surface area (TPSA) is 57.6 Å². The quantitative estimate of drug-likeness (QED) is 0.930. The third kappa shape index (κ3) is 2.30. The smallest absolute Gasteiger partial charge is 0.310 e. The van der Waals surface area contributed by atoms with Crippen LogP contribution < -0.4 is 0 Å². The van der Waals surface area contributed by atoms with Gasteiger partial charge in [0.25, 0.3) is 5.91 Å². The Labute approximate surface area is 128 Å². The molecule has 3 rings (SSSR count). The van der Waals surface area contributed by atoms with Crippen LogP contribution in [0.3, 0.4) is 0 Å². The number of amides is 1. The maximum Gasteiger partial charge on any atom is 0.310 e. The van der Waals surface area contributed by atoms with Crippen molar-refractivity contribution in [3.63, 3.8) is 0 Å². The zero-order chi connectivity index (χ0) is 15.7. The number of hydrogen-bond acceptors (Lipinski definition) is 2. The number of carboxylic acids is 1. The minimum Gasteiger partial charge on any atom is -0.481 e. The number of carbonyl (C=O) groups excluding carboxylic acids is 1. The van der Waals surface area contributed by atoms with Gasteiger partial charge in [0.05, 0.1) is 5.41 Å². The van der Waals surface area contributed by atoms with Crippen LogP contribution in [-0.2, 0) is 9.59 Å². The summed E-state index contributed by atoms with van der Waals surface area (Å²) in [5, 5.41) is 9.43. The second-order valence-electron chi connectivity index (χ2n) is 6.04. The number of halogens is 1. The Bertz CT molecular complexity index is 610. The number of alkyl halides is 1. The number of rotatable bonds is 4. The normalized spacial score (nSPS) is 27.1. The predicted octanol–water partition coefficient (Wildman–Crippen LogP) is 2.71. The molecule has 0 aromatic heterocycles. The van der Waals surface area contributed by atoms with Gasteiger partial charge in [0.2, 0.25) is 0 Å². The number of aliphatic carboxylic acids is 1. The van der Waals surface area contributed by atoms with Gasteiger partial charge in [0.15, 0.2) is 6.17 Å². The molecule has 1 aromatic rings. The lowest BCUT2D eigenvalue weighted by atomic mass is 9.60. The fourth-order valence-electron chi connectivity index (χ4n) is 3.36. The minimum absolute atomic E-state index is 0.135. The molecule has 1 aliphatic carbocycles. The van der Waals surface area contributed by atoms with Crippen LogP contribution in [0.25, 0.3) is 6.08 Å². The van der Waals surface area contributed by atoms with Crippen molar-refractivity contribution in [2.45, 2.75) is 25.4 Å². The van der Waals surface area contributed by atoms with Crippen molar-refractivity contribution < 1.29 is 19.1 Å². The monoisotopic (exact) mass is 303 g/mol. The summed E-state index contributed by atoms with van der Waals surface area (Å²) in [6.45, 7) is 0.135. The molecule has 1 N–H and O–H groups in total. The Morgan fingerprint density at radius 1 is 1.32 bits per heavy atom. The van der Waals surface area contributed by atoms with Gasteiger partial charge in [-0.2, -0.15) is 0 Å². The lowest BCUT2D eigenvalue weighted by Crippen LogP contribution is -2.48. The summed E-state index contributed by atoms with van der Waals surface area (Å²) in [6.07, 6.45) is 3.26. The molecule has 0 bridgehead atoms. The van der Waals surface area contributed by atoms with Crippen LogP contribution in [0.5, 0.6) is 0 Å². The SMILES string of the molecule is O=C1C(F)C(C2(C(=O)O)CCC2)CN1C=Cc1ccccc1. The van der Waals surface area contributed by atoms with Crippen LogP contribution in [-0.4, -0.2) is 34.6 Å². The van der Waals surface area contributed by atoms with E-state index in [2.05, 4.69) is 0 Å². The van der Waals surface area contributed by atoms with E-state index in [-0.39, 0.29) is 6.54 Å². The van der Waals surface area contributed by atoms with Gasteiger partial charge in [-0.15, -0.1) is 0 Å². The maximum absolute atomic E-state index is 14.3. The Hall–Kier alpha value is -2.17. The van der Waals surface area contributed by atoms with Crippen LogP contribution in [0.4, 0.5) is 4.39 Å². The van der Waals surface area contributed by atoms with Gasteiger partial charge in [-0.3, -0.25) is 9.59 Å². The van der Waals surface area contributed by atoms with Gasteiger partial charge < -0.3 is 10.0 Å². The van der Waals surface area contributed by atoms with Crippen LogP contribution in [0.15, 0.2) is 36.5 Å². The number of hydrogen-bond donors (Lipinski definition) is 1. The zero-order valence-corrected chi connectivity index (χ0v) is 12.1. The summed E-state index contributed by atoms with van der Waals surface area (Å²) in [5.41, 5.74) is -0.157. The molecule has 2 unspecified atom stereocenters. The molecule has 1 aliphatic heterocycles. The molecule has 5 heteroatoms. The van der Waals surface area contributed by atoms with E-state index in [1.807, 2.05) is 30.3 Å². The highest BCUT2D eigenvalue weighted by molar-refractivity contribution is 5.87. The molecular formula is C17H18FNO3. The molecule has 2 fully saturated rings. The maximum atomic E-state index is 14.3. The Kier molecular flexibility index (Phi) is 3.72. The summed E-state index contributed by atoms with van der Waals surface area (Å²) in [5.74, 6) is -2.37. The highest BCUT2D eigenvalue weighted by atomic mass is 19.1. The largest absolute Gasteiger partial charge is 0.481 e. The molecule has 22 heavy (non-hydrogen) atoms. The van der Waals surface area contributed by atoms with Crippen molar-refractivity contribution in [2.24, 2.45) is 11.3 Å². The third-order valence-electron chi connectivity index (χ3n) is 4.89. The molecular weight excluding hydrogens is 285 g/mol. The summed E-state index contributed by atoms with van der Waals surface area (Å²) in [6, 6.07) is 9.40. The third-order valence-corrected chi connectivity index (χ3v) is 4.89. The lowest BCUT2D eigenvalue weighted by molar-refractivity contribution is -0.161. The molecule has 0 radical (unpaired) electrons. The first-order chi connectivity index (χ1) is 10.5. The molecule has 4 nitrogen and oxygen atoms in total. The van der Waals surface area contributed by atoms with Gasteiger partial charge in [-0.25, -0.2) is 4.39 Å². The zero-order valence-electron chi connectivity index (χ0n) is 12.1. The van der Waals surface area contributed by atoms with Gasteiger partial charge in [0.1, 0.15) is 0 Å². The molecule has 2 atom stereocenters. The van der Waals surface area contributed by atoms with Gasteiger partial charge in [-0.1, -0.05) is 36.8 Å². The summed E-state index contributed by atoms with van der Waals surface area (Å²) >= 11 is 0. The van der Waals surface area contributed by atoms with Crippen molar-refractivity contribution in [1.82, 2.24) is 4.90 Å². The molecule has 0 spiro atoms. The molecule has 1 amide bonds. The van der Waals surface area contributed by atoms with Crippen molar-refractivity contribution in [2.75, 3.05) is 6.54 Å². The first-order valence-electron chi connectivity index (χ1n) is 7.46. The van der Waals surface area contributed by atoms with Crippen molar-refractivity contribution in [3.8, 4) is 0 Å². The van der Waals surface area contributed by atoms with Crippen molar-refractivity contribution >= 4 is 18.0 Å². The van der Waals surface area contributed by atoms with E-state index in [1.54, 1.807) is 12.3 Å². The van der Waals surface area contributed by atoms with E-state index in [0.717, 1.165) is 12.0 Å². The summed E-state index contributed by atoms with van der Waals surface area (Å²) in [7, 11) is 0.